The molecule has 0 aliphatic carbocycles. The summed E-state index contributed by atoms with van der Waals surface area (Å²) in [6, 6.07) is 7.57. The van der Waals surface area contributed by atoms with Crippen molar-refractivity contribution in [3.05, 3.63) is 59.0 Å². The van der Waals surface area contributed by atoms with Gasteiger partial charge in [0, 0.05) is 24.4 Å². The molecule has 34 heavy (non-hydrogen) atoms. The standard InChI is InChI=1S/C23H22N4O7/c1-23(26-22(31)25-12-28,11-27-10-13-4-5-15(32-2)7-16(13)20(27)29)19-8-17-18(34-19)6-14(9-24-17)21(30)33-3/h4-9,12H,10-11H2,1-3H3,(H2,25,26,28,31)/t23-/m0/s1. The van der Waals surface area contributed by atoms with Crippen LogP contribution < -0.4 is 15.4 Å². The molecule has 1 aliphatic heterocycles. The van der Waals surface area contributed by atoms with Crippen LogP contribution in [0.5, 0.6) is 5.75 Å². The number of nitrogens with zero attached hydrogens (tertiary/aromatic N) is 2. The van der Waals surface area contributed by atoms with Crippen molar-refractivity contribution >= 4 is 35.4 Å². The van der Waals surface area contributed by atoms with Gasteiger partial charge >= 0.3 is 12.0 Å². The largest absolute Gasteiger partial charge is 0.497 e. The summed E-state index contributed by atoms with van der Waals surface area (Å²) in [4.78, 5) is 53.8. The number of urea groups is 1. The molecule has 2 N–H and O–H groups in total. The topological polar surface area (TPSA) is 140 Å². The number of aromatic nitrogens is 1. The molecule has 1 aliphatic rings. The Hall–Kier alpha value is -4.41. The first-order valence-electron chi connectivity index (χ1n) is 10.2. The first kappa shape index (κ1) is 22.8. The van der Waals surface area contributed by atoms with E-state index in [0.29, 0.717) is 29.0 Å². The number of fused-ring (bicyclic) bond motifs is 2. The molecule has 4 rings (SSSR count). The van der Waals surface area contributed by atoms with Crippen LogP contribution in [-0.4, -0.2) is 55.0 Å². The third-order valence-electron chi connectivity index (χ3n) is 5.62. The van der Waals surface area contributed by atoms with E-state index in [0.717, 1.165) is 5.56 Å². The van der Waals surface area contributed by atoms with Gasteiger partial charge in [-0.05, 0) is 30.7 Å². The molecule has 0 radical (unpaired) electrons. The molecule has 2 aromatic heterocycles. The SMILES string of the molecule is COC(=O)c1cnc2cc([C@](C)(CN3Cc4ccc(OC)cc4C3=O)NC(=O)NC=O)oc2c1. The van der Waals surface area contributed by atoms with Gasteiger partial charge in [-0.1, -0.05) is 6.07 Å². The van der Waals surface area contributed by atoms with E-state index in [1.807, 2.05) is 11.4 Å². The van der Waals surface area contributed by atoms with Crippen molar-refractivity contribution in [3.8, 4) is 5.75 Å². The Morgan fingerprint density at radius 1 is 1.26 bits per heavy atom. The number of pyridine rings is 1. The van der Waals surface area contributed by atoms with Crippen LogP contribution in [0.15, 0.2) is 40.9 Å². The van der Waals surface area contributed by atoms with Crippen LogP contribution in [0.3, 0.4) is 0 Å². The molecule has 0 bridgehead atoms. The summed E-state index contributed by atoms with van der Waals surface area (Å²) in [6.07, 6.45) is 1.60. The van der Waals surface area contributed by atoms with Crippen molar-refractivity contribution in [2.75, 3.05) is 20.8 Å². The monoisotopic (exact) mass is 466 g/mol. The number of furan rings is 1. The molecule has 4 amide bonds. The minimum Gasteiger partial charge on any atom is -0.497 e. The molecule has 0 saturated carbocycles. The van der Waals surface area contributed by atoms with Crippen LogP contribution in [-0.2, 0) is 21.6 Å². The second-order valence-corrected chi connectivity index (χ2v) is 7.94. The highest BCUT2D eigenvalue weighted by molar-refractivity contribution is 5.99. The van der Waals surface area contributed by atoms with E-state index >= 15 is 0 Å². The fraction of sp³-hybridized carbons (Fsp3) is 0.261. The van der Waals surface area contributed by atoms with Gasteiger partial charge in [-0.25, -0.2) is 9.59 Å². The minimum absolute atomic E-state index is 0.0266. The third kappa shape index (κ3) is 4.15. The lowest BCUT2D eigenvalue weighted by Gasteiger charge is -2.32. The van der Waals surface area contributed by atoms with Gasteiger partial charge in [-0.2, -0.15) is 0 Å². The zero-order chi connectivity index (χ0) is 24.5. The predicted octanol–water partition coefficient (Wildman–Crippen LogP) is 1.95. The van der Waals surface area contributed by atoms with Crippen molar-refractivity contribution in [1.29, 1.82) is 0 Å². The predicted molar refractivity (Wildman–Crippen MR) is 118 cm³/mol. The number of nitrogens with one attached hydrogen (secondary N) is 2. The van der Waals surface area contributed by atoms with E-state index in [2.05, 4.69) is 10.3 Å². The molecule has 0 unspecified atom stereocenters. The molecule has 11 heteroatoms. The van der Waals surface area contributed by atoms with Crippen molar-refractivity contribution in [2.24, 2.45) is 0 Å². The maximum atomic E-state index is 13.1. The molecule has 3 heterocycles. The van der Waals surface area contributed by atoms with Gasteiger partial charge in [0.15, 0.2) is 5.58 Å². The van der Waals surface area contributed by atoms with E-state index in [4.69, 9.17) is 13.9 Å². The average Bonchev–Trinajstić information content (AvgIpc) is 3.39. The fourth-order valence-corrected chi connectivity index (χ4v) is 3.91. The lowest BCUT2D eigenvalue weighted by atomic mass is 9.98. The fourth-order valence-electron chi connectivity index (χ4n) is 3.91. The molecule has 176 valence electrons. The second-order valence-electron chi connectivity index (χ2n) is 7.94. The van der Waals surface area contributed by atoms with E-state index in [1.165, 1.54) is 26.5 Å². The Morgan fingerprint density at radius 3 is 2.76 bits per heavy atom. The van der Waals surface area contributed by atoms with Gasteiger partial charge in [-0.3, -0.25) is 19.9 Å². The summed E-state index contributed by atoms with van der Waals surface area (Å²) < 4.78 is 15.9. The van der Waals surface area contributed by atoms with Crippen LogP contribution in [0.1, 0.15) is 39.0 Å². The summed E-state index contributed by atoms with van der Waals surface area (Å²) in [5.41, 5.74) is 1.01. The van der Waals surface area contributed by atoms with E-state index in [1.54, 1.807) is 30.0 Å². The zero-order valence-electron chi connectivity index (χ0n) is 18.7. The maximum Gasteiger partial charge on any atom is 0.339 e. The van der Waals surface area contributed by atoms with E-state index in [-0.39, 0.29) is 30.2 Å². The smallest absolute Gasteiger partial charge is 0.339 e. The summed E-state index contributed by atoms with van der Waals surface area (Å²) in [5, 5.41) is 4.74. The molecule has 0 spiro atoms. The van der Waals surface area contributed by atoms with Crippen LogP contribution in [0, 0.1) is 0 Å². The molecule has 1 aromatic carbocycles. The Morgan fingerprint density at radius 2 is 2.06 bits per heavy atom. The number of benzene rings is 1. The van der Waals surface area contributed by atoms with Gasteiger partial charge in [0.2, 0.25) is 6.41 Å². The quantitative estimate of drug-likeness (QED) is 0.398. The van der Waals surface area contributed by atoms with Gasteiger partial charge in [0.1, 0.15) is 22.6 Å². The number of ether oxygens (including phenoxy) is 2. The molecular formula is C23H22N4O7. The normalized spacial score (nSPS) is 14.3. The summed E-state index contributed by atoms with van der Waals surface area (Å²) >= 11 is 0. The maximum absolute atomic E-state index is 13.1. The summed E-state index contributed by atoms with van der Waals surface area (Å²) in [7, 11) is 2.78. The zero-order valence-corrected chi connectivity index (χ0v) is 18.7. The Balaban J connectivity index is 1.69. The van der Waals surface area contributed by atoms with E-state index < -0.39 is 17.5 Å². The highest BCUT2D eigenvalue weighted by Gasteiger charge is 2.39. The van der Waals surface area contributed by atoms with Crippen molar-refractivity contribution in [1.82, 2.24) is 20.5 Å². The lowest BCUT2D eigenvalue weighted by molar-refractivity contribution is -0.108. The van der Waals surface area contributed by atoms with Gasteiger partial charge < -0.3 is 24.1 Å². The number of amides is 4. The number of carbonyl (C=O) groups excluding carboxylic acids is 4. The number of hydrogen-bond acceptors (Lipinski definition) is 8. The number of hydrogen-bond donors (Lipinski definition) is 2. The van der Waals surface area contributed by atoms with Crippen molar-refractivity contribution in [3.63, 3.8) is 0 Å². The third-order valence-corrected chi connectivity index (χ3v) is 5.62. The number of esters is 1. The van der Waals surface area contributed by atoms with Crippen molar-refractivity contribution in [2.45, 2.75) is 19.0 Å². The highest BCUT2D eigenvalue weighted by atomic mass is 16.5. The first-order valence-corrected chi connectivity index (χ1v) is 10.2. The first-order chi connectivity index (χ1) is 16.3. The van der Waals surface area contributed by atoms with E-state index in [9.17, 15) is 19.2 Å². The number of methoxy groups -OCH3 is 2. The second kappa shape index (κ2) is 8.85. The van der Waals surface area contributed by atoms with Crippen LogP contribution >= 0.6 is 0 Å². The molecular weight excluding hydrogens is 444 g/mol. The van der Waals surface area contributed by atoms with Gasteiger partial charge in [0.05, 0.1) is 26.3 Å². The summed E-state index contributed by atoms with van der Waals surface area (Å²) in [6.45, 7) is 2.00. The Bertz CT molecular complexity index is 1300. The summed E-state index contributed by atoms with van der Waals surface area (Å²) in [5.74, 6) is 0.0266. The molecule has 0 fully saturated rings. The number of rotatable bonds is 7. The van der Waals surface area contributed by atoms with Crippen molar-refractivity contribution < 1.29 is 33.1 Å². The number of imide groups is 1. The molecule has 11 nitrogen and oxygen atoms in total. The van der Waals surface area contributed by atoms with Gasteiger partial charge in [0.25, 0.3) is 5.91 Å². The molecule has 1 atom stereocenters. The minimum atomic E-state index is -1.25. The number of carbonyl (C=O) groups is 4. The average molecular weight is 466 g/mol. The van der Waals surface area contributed by atoms with Crippen LogP contribution in [0.4, 0.5) is 4.79 Å². The Labute approximate surface area is 194 Å². The molecule has 0 saturated heterocycles. The molecule has 3 aromatic rings. The highest BCUT2D eigenvalue weighted by Crippen LogP contribution is 2.33. The van der Waals surface area contributed by atoms with Gasteiger partial charge in [-0.15, -0.1) is 0 Å². The lowest BCUT2D eigenvalue weighted by Crippen LogP contribution is -2.53. The van der Waals surface area contributed by atoms with Crippen LogP contribution in [0.2, 0.25) is 0 Å². The Kier molecular flexibility index (Phi) is 5.93. The van der Waals surface area contributed by atoms with Crippen LogP contribution in [0.25, 0.3) is 11.1 Å².